The zero-order chi connectivity index (χ0) is 18.5. The average Bonchev–Trinajstić information content (AvgIpc) is 3.12. The molecule has 0 aliphatic heterocycles. The number of likely N-dealkylation sites (N-methyl/N-ethyl adjacent to an activating group) is 1. The summed E-state index contributed by atoms with van der Waals surface area (Å²) in [5.41, 5.74) is 1.98. The summed E-state index contributed by atoms with van der Waals surface area (Å²) in [6.45, 7) is -0.0203. The Bertz CT molecular complexity index is 854. The summed E-state index contributed by atoms with van der Waals surface area (Å²) in [7, 11) is 1.73. The highest BCUT2D eigenvalue weighted by Gasteiger charge is 2.24. The fraction of sp³-hybridized carbons (Fsp3) is 0.158. The molecule has 7 heteroatoms. The fourth-order valence-electron chi connectivity index (χ4n) is 2.85. The molecule has 0 saturated carbocycles. The second-order valence-corrected chi connectivity index (χ2v) is 5.89. The van der Waals surface area contributed by atoms with E-state index in [0.29, 0.717) is 0 Å². The van der Waals surface area contributed by atoms with Crippen molar-refractivity contribution in [3.05, 3.63) is 94.4 Å². The van der Waals surface area contributed by atoms with Crippen molar-refractivity contribution in [2.45, 2.75) is 12.6 Å². The van der Waals surface area contributed by atoms with Gasteiger partial charge < -0.3 is 19.6 Å². The van der Waals surface area contributed by atoms with Crippen LogP contribution in [0.3, 0.4) is 0 Å². The minimum absolute atomic E-state index is 0.0203. The van der Waals surface area contributed by atoms with Crippen molar-refractivity contribution >= 4 is 11.7 Å². The summed E-state index contributed by atoms with van der Waals surface area (Å²) < 4.78 is 1.42. The maximum atomic E-state index is 12.8. The van der Waals surface area contributed by atoms with Crippen LogP contribution in [0.4, 0.5) is 5.82 Å². The highest BCUT2D eigenvalue weighted by molar-refractivity contribution is 5.76. The largest absolute Gasteiger partial charge is 0.381 e. The summed E-state index contributed by atoms with van der Waals surface area (Å²) in [6.07, 6.45) is 2.55. The van der Waals surface area contributed by atoms with Crippen LogP contribution in [0.1, 0.15) is 17.2 Å². The van der Waals surface area contributed by atoms with Gasteiger partial charge in [0.2, 0.25) is 12.2 Å². The van der Waals surface area contributed by atoms with E-state index in [9.17, 15) is 14.9 Å². The van der Waals surface area contributed by atoms with Gasteiger partial charge in [0.15, 0.2) is 0 Å². The fourth-order valence-corrected chi connectivity index (χ4v) is 2.85. The second kappa shape index (κ2) is 7.60. The van der Waals surface area contributed by atoms with E-state index >= 15 is 0 Å². The third-order valence-corrected chi connectivity index (χ3v) is 4.14. The van der Waals surface area contributed by atoms with Gasteiger partial charge in [0.25, 0.3) is 0 Å². The third kappa shape index (κ3) is 3.77. The first-order valence-electron chi connectivity index (χ1n) is 8.08. The molecule has 132 valence electrons. The molecule has 0 unspecified atom stereocenters. The van der Waals surface area contributed by atoms with E-state index in [2.05, 4.69) is 4.98 Å². The van der Waals surface area contributed by atoms with Crippen molar-refractivity contribution in [3.8, 4) is 0 Å². The van der Waals surface area contributed by atoms with Gasteiger partial charge in [0, 0.05) is 7.05 Å². The van der Waals surface area contributed by atoms with Crippen LogP contribution in [0, 0.1) is 10.1 Å². The number of amides is 1. The smallest absolute Gasteiger partial charge is 0.358 e. The minimum Gasteiger partial charge on any atom is -0.358 e. The molecule has 26 heavy (non-hydrogen) atoms. The Morgan fingerprint density at radius 2 is 1.65 bits per heavy atom. The monoisotopic (exact) mass is 350 g/mol. The Morgan fingerprint density at radius 3 is 2.12 bits per heavy atom. The molecule has 1 amide bonds. The van der Waals surface area contributed by atoms with Gasteiger partial charge in [-0.25, -0.2) is 0 Å². The number of carbonyl (C=O) groups is 1. The predicted molar refractivity (Wildman–Crippen MR) is 96.4 cm³/mol. The SMILES string of the molecule is CN(C(=O)Cn1cnc([N+](=O)[O-])c1)C(c1ccccc1)c1ccccc1. The summed E-state index contributed by atoms with van der Waals surface area (Å²) in [4.78, 5) is 28.3. The second-order valence-electron chi connectivity index (χ2n) is 5.89. The van der Waals surface area contributed by atoms with Gasteiger partial charge in [0.1, 0.15) is 12.7 Å². The Morgan fingerprint density at radius 1 is 1.12 bits per heavy atom. The lowest BCUT2D eigenvalue weighted by Crippen LogP contribution is -2.34. The lowest BCUT2D eigenvalue weighted by Gasteiger charge is -2.29. The number of imidazole rings is 1. The molecule has 0 aliphatic carbocycles. The van der Waals surface area contributed by atoms with Crippen LogP contribution in [0.15, 0.2) is 73.2 Å². The lowest BCUT2D eigenvalue weighted by atomic mass is 9.97. The first-order chi connectivity index (χ1) is 12.6. The van der Waals surface area contributed by atoms with Gasteiger partial charge in [-0.05, 0) is 21.0 Å². The molecule has 3 rings (SSSR count). The standard InChI is InChI=1S/C19H18N4O3/c1-21(18(24)13-22-12-17(20-14-22)23(25)26)19(15-8-4-2-5-9-15)16-10-6-3-7-11-16/h2-12,14,19H,13H2,1H3. The summed E-state index contributed by atoms with van der Waals surface area (Å²) >= 11 is 0. The van der Waals surface area contributed by atoms with Crippen LogP contribution < -0.4 is 0 Å². The molecule has 1 heterocycles. The van der Waals surface area contributed by atoms with Crippen molar-refractivity contribution in [2.75, 3.05) is 7.05 Å². The quantitative estimate of drug-likeness (QED) is 0.505. The van der Waals surface area contributed by atoms with E-state index in [0.717, 1.165) is 11.1 Å². The highest BCUT2D eigenvalue weighted by atomic mass is 16.6. The number of aromatic nitrogens is 2. The number of rotatable bonds is 6. The number of carbonyl (C=O) groups excluding carboxylic acids is 1. The lowest BCUT2D eigenvalue weighted by molar-refractivity contribution is -0.389. The summed E-state index contributed by atoms with van der Waals surface area (Å²) in [5.74, 6) is -0.446. The number of benzene rings is 2. The minimum atomic E-state index is -0.582. The molecule has 0 radical (unpaired) electrons. The highest BCUT2D eigenvalue weighted by Crippen LogP contribution is 2.27. The maximum Gasteiger partial charge on any atom is 0.381 e. The number of nitrogens with zero attached hydrogens (tertiary/aromatic N) is 4. The predicted octanol–water partition coefficient (Wildman–Crippen LogP) is 3.04. The Balaban J connectivity index is 1.86. The van der Waals surface area contributed by atoms with E-state index in [-0.39, 0.29) is 24.3 Å². The van der Waals surface area contributed by atoms with Crippen molar-refractivity contribution < 1.29 is 9.72 Å². The van der Waals surface area contributed by atoms with Crippen LogP contribution in [0.5, 0.6) is 0 Å². The Kier molecular flexibility index (Phi) is 5.07. The number of hydrogen-bond donors (Lipinski definition) is 0. The molecule has 0 aliphatic rings. The van der Waals surface area contributed by atoms with Crippen LogP contribution in [0.2, 0.25) is 0 Å². The molecule has 7 nitrogen and oxygen atoms in total. The Hall–Kier alpha value is -3.48. The topological polar surface area (TPSA) is 81.3 Å². The van der Waals surface area contributed by atoms with Crippen molar-refractivity contribution in [2.24, 2.45) is 0 Å². The van der Waals surface area contributed by atoms with Gasteiger partial charge in [0.05, 0.1) is 6.04 Å². The van der Waals surface area contributed by atoms with E-state index in [1.165, 1.54) is 17.1 Å². The van der Waals surface area contributed by atoms with Crippen molar-refractivity contribution in [3.63, 3.8) is 0 Å². The van der Waals surface area contributed by atoms with E-state index in [1.54, 1.807) is 11.9 Å². The molecule has 0 spiro atoms. The van der Waals surface area contributed by atoms with Crippen LogP contribution >= 0.6 is 0 Å². The first-order valence-corrected chi connectivity index (χ1v) is 8.08. The molecular formula is C19H18N4O3. The molecule has 2 aromatic carbocycles. The van der Waals surface area contributed by atoms with Gasteiger partial charge in [-0.3, -0.25) is 4.79 Å². The number of hydrogen-bond acceptors (Lipinski definition) is 4. The summed E-state index contributed by atoms with van der Waals surface area (Å²) in [5, 5.41) is 10.7. The molecule has 1 aromatic heterocycles. The number of nitro groups is 1. The van der Waals surface area contributed by atoms with Crippen molar-refractivity contribution in [1.82, 2.24) is 14.5 Å². The first kappa shape index (κ1) is 17.3. The molecule has 3 aromatic rings. The van der Waals surface area contributed by atoms with Crippen molar-refractivity contribution in [1.29, 1.82) is 0 Å². The average molecular weight is 350 g/mol. The van der Waals surface area contributed by atoms with Gasteiger partial charge in [-0.1, -0.05) is 60.7 Å². The maximum absolute atomic E-state index is 12.8. The van der Waals surface area contributed by atoms with Crippen LogP contribution in [-0.4, -0.2) is 32.3 Å². The van der Waals surface area contributed by atoms with Gasteiger partial charge in [-0.15, -0.1) is 0 Å². The van der Waals surface area contributed by atoms with Gasteiger partial charge >= 0.3 is 5.82 Å². The molecule has 0 bridgehead atoms. The third-order valence-electron chi connectivity index (χ3n) is 4.14. The summed E-state index contributed by atoms with van der Waals surface area (Å²) in [6, 6.07) is 19.2. The zero-order valence-electron chi connectivity index (χ0n) is 14.2. The van der Waals surface area contributed by atoms with Crippen LogP contribution in [0.25, 0.3) is 0 Å². The van der Waals surface area contributed by atoms with Gasteiger partial charge in [-0.2, -0.15) is 0 Å². The van der Waals surface area contributed by atoms with E-state index in [1.807, 2.05) is 60.7 Å². The zero-order valence-corrected chi connectivity index (χ0v) is 14.2. The normalized spacial score (nSPS) is 10.7. The van der Waals surface area contributed by atoms with E-state index < -0.39 is 4.92 Å². The van der Waals surface area contributed by atoms with E-state index in [4.69, 9.17) is 0 Å². The molecule has 0 atom stereocenters. The molecule has 0 fully saturated rings. The molecular weight excluding hydrogens is 332 g/mol. The van der Waals surface area contributed by atoms with Crippen LogP contribution in [-0.2, 0) is 11.3 Å². The molecule has 0 N–H and O–H groups in total. The Labute approximate surface area is 150 Å². The molecule has 0 saturated heterocycles.